The quantitative estimate of drug-likeness (QED) is 0.417. The third kappa shape index (κ3) is 7.40. The fourth-order valence-corrected chi connectivity index (χ4v) is 2.78. The molecule has 19 heavy (non-hydrogen) atoms. The van der Waals surface area contributed by atoms with Crippen molar-refractivity contribution in [1.82, 2.24) is 0 Å². The van der Waals surface area contributed by atoms with Gasteiger partial charge >= 0.3 is 0 Å². The molecular weight excluding hydrogens is 228 g/mol. The Labute approximate surface area is 120 Å². The van der Waals surface area contributed by atoms with Gasteiger partial charge < -0.3 is 0 Å². The monoisotopic (exact) mass is 260 g/mol. The molecule has 0 fully saturated rings. The van der Waals surface area contributed by atoms with E-state index in [0.29, 0.717) is 0 Å². The van der Waals surface area contributed by atoms with Crippen molar-refractivity contribution in [2.75, 3.05) is 0 Å². The summed E-state index contributed by atoms with van der Waals surface area (Å²) in [5, 5.41) is 0. The zero-order valence-electron chi connectivity index (χ0n) is 13.2. The molecule has 2 atom stereocenters. The van der Waals surface area contributed by atoms with Crippen molar-refractivity contribution in [2.24, 2.45) is 5.92 Å². The van der Waals surface area contributed by atoms with E-state index in [9.17, 15) is 0 Å². The van der Waals surface area contributed by atoms with Gasteiger partial charge in [0, 0.05) is 0 Å². The minimum atomic E-state index is 0.719. The van der Waals surface area contributed by atoms with Gasteiger partial charge in [-0.3, -0.25) is 0 Å². The Morgan fingerprint density at radius 1 is 0.789 bits per heavy atom. The second-order valence-corrected chi connectivity index (χ2v) is 6.20. The molecule has 0 saturated heterocycles. The van der Waals surface area contributed by atoms with Crippen molar-refractivity contribution in [3.05, 3.63) is 35.9 Å². The molecule has 0 aliphatic carbocycles. The lowest BCUT2D eigenvalue weighted by atomic mass is 9.92. The Hall–Kier alpha value is -0.780. The summed E-state index contributed by atoms with van der Waals surface area (Å²) in [4.78, 5) is 0. The van der Waals surface area contributed by atoms with E-state index in [-0.39, 0.29) is 0 Å². The van der Waals surface area contributed by atoms with Crippen LogP contribution in [0.4, 0.5) is 0 Å². The first-order valence-corrected chi connectivity index (χ1v) is 8.29. The second-order valence-electron chi connectivity index (χ2n) is 6.20. The van der Waals surface area contributed by atoms with Crippen LogP contribution in [0.25, 0.3) is 0 Å². The van der Waals surface area contributed by atoms with E-state index >= 15 is 0 Å². The molecule has 0 aliphatic heterocycles. The van der Waals surface area contributed by atoms with Crippen LogP contribution in [0.1, 0.15) is 83.6 Å². The summed E-state index contributed by atoms with van der Waals surface area (Å²) in [5.41, 5.74) is 1.50. The first-order chi connectivity index (χ1) is 9.24. The van der Waals surface area contributed by atoms with Gasteiger partial charge in [-0.1, -0.05) is 96.0 Å². The average molecular weight is 260 g/mol. The Balaban J connectivity index is 2.07. The molecule has 1 aromatic carbocycles. The molecule has 0 amide bonds. The minimum Gasteiger partial charge on any atom is -0.0654 e. The maximum atomic E-state index is 2.43. The molecule has 0 bridgehead atoms. The van der Waals surface area contributed by atoms with Gasteiger partial charge in [0.2, 0.25) is 0 Å². The van der Waals surface area contributed by atoms with Gasteiger partial charge in [0.1, 0.15) is 0 Å². The lowest BCUT2D eigenvalue weighted by Crippen LogP contribution is -1.97. The van der Waals surface area contributed by atoms with Crippen LogP contribution < -0.4 is 0 Å². The topological polar surface area (TPSA) is 0 Å². The lowest BCUT2D eigenvalue weighted by molar-refractivity contribution is 0.435. The summed E-state index contributed by atoms with van der Waals surface area (Å²) in [7, 11) is 0. The van der Waals surface area contributed by atoms with E-state index < -0.39 is 0 Å². The van der Waals surface area contributed by atoms with E-state index in [1.165, 1.54) is 56.9 Å². The molecule has 0 aliphatic rings. The molecule has 0 heteroatoms. The van der Waals surface area contributed by atoms with Crippen LogP contribution in [0.2, 0.25) is 0 Å². The molecule has 0 N–H and O–H groups in total. The van der Waals surface area contributed by atoms with Gasteiger partial charge in [-0.05, 0) is 23.8 Å². The van der Waals surface area contributed by atoms with Crippen molar-refractivity contribution < 1.29 is 0 Å². The molecule has 0 aromatic heterocycles. The van der Waals surface area contributed by atoms with Gasteiger partial charge in [0.05, 0.1) is 0 Å². The SMILES string of the molecule is CCCCCC(C)CCCCC(C)c1ccccc1. The molecular formula is C19H32. The number of hydrogen-bond acceptors (Lipinski definition) is 0. The normalized spacial score (nSPS) is 14.3. The molecule has 1 aromatic rings. The third-order valence-corrected chi connectivity index (χ3v) is 4.25. The second kappa shape index (κ2) is 10.1. The standard InChI is InChI=1S/C19H32/c1-4-5-7-12-17(2)13-10-11-14-18(3)19-15-8-6-9-16-19/h6,8-9,15-18H,4-5,7,10-14H2,1-3H3. The number of hydrogen-bond donors (Lipinski definition) is 0. The number of unbranched alkanes of at least 4 members (excludes halogenated alkanes) is 3. The van der Waals surface area contributed by atoms with Crippen LogP contribution in [0.15, 0.2) is 30.3 Å². The molecule has 0 heterocycles. The summed E-state index contributed by atoms with van der Waals surface area (Å²) < 4.78 is 0. The predicted octanol–water partition coefficient (Wildman–Crippen LogP) is 6.57. The third-order valence-electron chi connectivity index (χ3n) is 4.25. The zero-order valence-corrected chi connectivity index (χ0v) is 13.2. The van der Waals surface area contributed by atoms with Gasteiger partial charge in [-0.25, -0.2) is 0 Å². The number of benzene rings is 1. The van der Waals surface area contributed by atoms with Crippen LogP contribution in [0.3, 0.4) is 0 Å². The first-order valence-electron chi connectivity index (χ1n) is 8.29. The van der Waals surface area contributed by atoms with E-state index in [1.54, 1.807) is 0 Å². The van der Waals surface area contributed by atoms with E-state index in [1.807, 2.05) is 0 Å². The first kappa shape index (κ1) is 16.3. The van der Waals surface area contributed by atoms with Gasteiger partial charge in [0.25, 0.3) is 0 Å². The molecule has 2 unspecified atom stereocenters. The summed E-state index contributed by atoms with van der Waals surface area (Å²) in [6.45, 7) is 7.08. The highest BCUT2D eigenvalue weighted by atomic mass is 14.1. The lowest BCUT2D eigenvalue weighted by Gasteiger charge is -2.13. The molecule has 0 nitrogen and oxygen atoms in total. The Bertz CT molecular complexity index is 301. The molecule has 1 rings (SSSR count). The van der Waals surface area contributed by atoms with E-state index in [4.69, 9.17) is 0 Å². The van der Waals surface area contributed by atoms with Crippen LogP contribution in [0, 0.1) is 5.92 Å². The van der Waals surface area contributed by atoms with Crippen molar-refractivity contribution in [2.45, 2.75) is 78.1 Å². The smallest absolute Gasteiger partial charge is 0.0190 e. The average Bonchev–Trinajstić information content (AvgIpc) is 2.44. The zero-order chi connectivity index (χ0) is 13.9. The van der Waals surface area contributed by atoms with Crippen LogP contribution in [-0.2, 0) is 0 Å². The highest BCUT2D eigenvalue weighted by Crippen LogP contribution is 2.23. The van der Waals surface area contributed by atoms with Crippen molar-refractivity contribution in [3.63, 3.8) is 0 Å². The summed E-state index contributed by atoms with van der Waals surface area (Å²) >= 11 is 0. The summed E-state index contributed by atoms with van der Waals surface area (Å²) in [6, 6.07) is 10.9. The molecule has 0 saturated carbocycles. The van der Waals surface area contributed by atoms with Crippen LogP contribution >= 0.6 is 0 Å². The van der Waals surface area contributed by atoms with Crippen LogP contribution in [0.5, 0.6) is 0 Å². The minimum absolute atomic E-state index is 0.719. The number of rotatable bonds is 10. The van der Waals surface area contributed by atoms with Gasteiger partial charge in [0.15, 0.2) is 0 Å². The maximum Gasteiger partial charge on any atom is -0.0190 e. The highest BCUT2D eigenvalue weighted by Gasteiger charge is 2.06. The van der Waals surface area contributed by atoms with E-state index in [2.05, 4.69) is 51.1 Å². The Morgan fingerprint density at radius 3 is 2.00 bits per heavy atom. The van der Waals surface area contributed by atoms with Crippen molar-refractivity contribution in [1.29, 1.82) is 0 Å². The Kier molecular flexibility index (Phi) is 8.62. The fraction of sp³-hybridized carbons (Fsp3) is 0.684. The molecule has 0 spiro atoms. The van der Waals surface area contributed by atoms with Crippen molar-refractivity contribution >= 4 is 0 Å². The predicted molar refractivity (Wildman–Crippen MR) is 86.6 cm³/mol. The highest BCUT2D eigenvalue weighted by molar-refractivity contribution is 5.18. The largest absolute Gasteiger partial charge is 0.0654 e. The van der Waals surface area contributed by atoms with Crippen molar-refractivity contribution in [3.8, 4) is 0 Å². The van der Waals surface area contributed by atoms with Gasteiger partial charge in [-0.2, -0.15) is 0 Å². The maximum absolute atomic E-state index is 2.43. The fourth-order valence-electron chi connectivity index (χ4n) is 2.78. The molecule has 0 radical (unpaired) electrons. The Morgan fingerprint density at radius 2 is 1.37 bits per heavy atom. The summed E-state index contributed by atoms with van der Waals surface area (Å²) in [5.74, 6) is 1.65. The molecule has 108 valence electrons. The summed E-state index contributed by atoms with van der Waals surface area (Å²) in [6.07, 6.45) is 11.2. The van der Waals surface area contributed by atoms with Gasteiger partial charge in [-0.15, -0.1) is 0 Å². The van der Waals surface area contributed by atoms with E-state index in [0.717, 1.165) is 11.8 Å². The van der Waals surface area contributed by atoms with Crippen LogP contribution in [-0.4, -0.2) is 0 Å².